The van der Waals surface area contributed by atoms with Crippen molar-refractivity contribution in [3.05, 3.63) is 48.0 Å². The van der Waals surface area contributed by atoms with Gasteiger partial charge in [-0.2, -0.15) is 0 Å². The summed E-state index contributed by atoms with van der Waals surface area (Å²) in [5.74, 6) is 0. The summed E-state index contributed by atoms with van der Waals surface area (Å²) in [5, 5.41) is 3.35. The van der Waals surface area contributed by atoms with E-state index in [1.165, 1.54) is 6.26 Å². The highest BCUT2D eigenvalue weighted by atomic mass is 32.2. The Bertz CT molecular complexity index is 675. The monoisotopic (exact) mass is 307 g/mol. The zero-order chi connectivity index (χ0) is 15.3. The molecule has 0 atom stereocenters. The van der Waals surface area contributed by atoms with Gasteiger partial charge in [-0.3, -0.25) is 0 Å². The molecule has 1 aromatic heterocycles. The van der Waals surface area contributed by atoms with Crippen molar-refractivity contribution >= 4 is 9.84 Å². The highest BCUT2D eigenvalue weighted by molar-refractivity contribution is 7.90. The molecule has 1 heterocycles. The van der Waals surface area contributed by atoms with Gasteiger partial charge in [0.1, 0.15) is 0 Å². The van der Waals surface area contributed by atoms with E-state index in [4.69, 9.17) is 0 Å². The Hall–Kier alpha value is -1.66. The number of imidazole rings is 1. The van der Waals surface area contributed by atoms with Crippen molar-refractivity contribution in [1.82, 2.24) is 14.9 Å². The predicted octanol–water partition coefficient (Wildman–Crippen LogP) is 1.99. The van der Waals surface area contributed by atoms with E-state index in [1.54, 1.807) is 12.1 Å². The van der Waals surface area contributed by atoms with Gasteiger partial charge in [0.25, 0.3) is 0 Å². The normalized spacial score (nSPS) is 11.7. The van der Waals surface area contributed by atoms with E-state index >= 15 is 0 Å². The third-order valence-corrected chi connectivity index (χ3v) is 4.38. The third kappa shape index (κ3) is 4.41. The van der Waals surface area contributed by atoms with Crippen LogP contribution in [0.3, 0.4) is 0 Å². The first-order valence-electron chi connectivity index (χ1n) is 6.99. The quantitative estimate of drug-likeness (QED) is 0.849. The minimum atomic E-state index is -3.12. The summed E-state index contributed by atoms with van der Waals surface area (Å²) in [6, 6.07) is 6.97. The number of nitrogens with zero attached hydrogens (tertiary/aromatic N) is 2. The Kier molecular flexibility index (Phi) is 5.14. The summed E-state index contributed by atoms with van der Waals surface area (Å²) < 4.78 is 24.9. The summed E-state index contributed by atoms with van der Waals surface area (Å²) in [6.45, 7) is 4.55. The smallest absolute Gasteiger partial charge is 0.175 e. The number of rotatable bonds is 7. The van der Waals surface area contributed by atoms with Crippen molar-refractivity contribution in [1.29, 1.82) is 0 Å². The van der Waals surface area contributed by atoms with Crippen molar-refractivity contribution < 1.29 is 8.42 Å². The lowest BCUT2D eigenvalue weighted by atomic mass is 10.2. The molecule has 0 aliphatic heterocycles. The van der Waals surface area contributed by atoms with E-state index in [2.05, 4.69) is 21.8 Å². The SMILES string of the molecule is CCCn1cncc1CNCc1ccc(S(C)(=O)=O)cc1. The van der Waals surface area contributed by atoms with Gasteiger partial charge in [0.05, 0.1) is 16.9 Å². The zero-order valence-corrected chi connectivity index (χ0v) is 13.2. The van der Waals surface area contributed by atoms with Crippen molar-refractivity contribution in [3.63, 3.8) is 0 Å². The number of aromatic nitrogens is 2. The van der Waals surface area contributed by atoms with Crippen LogP contribution in [0.1, 0.15) is 24.6 Å². The van der Waals surface area contributed by atoms with Gasteiger partial charge in [0.15, 0.2) is 9.84 Å². The highest BCUT2D eigenvalue weighted by Gasteiger charge is 2.06. The fourth-order valence-corrected chi connectivity index (χ4v) is 2.76. The van der Waals surface area contributed by atoms with Crippen molar-refractivity contribution in [2.75, 3.05) is 6.26 Å². The minimum Gasteiger partial charge on any atom is -0.333 e. The van der Waals surface area contributed by atoms with Crippen LogP contribution in [-0.4, -0.2) is 24.2 Å². The van der Waals surface area contributed by atoms with Crippen LogP contribution in [0.15, 0.2) is 41.7 Å². The zero-order valence-electron chi connectivity index (χ0n) is 12.4. The lowest BCUT2D eigenvalue weighted by Gasteiger charge is -2.08. The van der Waals surface area contributed by atoms with Crippen LogP contribution in [0.25, 0.3) is 0 Å². The predicted molar refractivity (Wildman–Crippen MR) is 82.6 cm³/mol. The summed E-state index contributed by atoms with van der Waals surface area (Å²) in [4.78, 5) is 4.52. The van der Waals surface area contributed by atoms with E-state index in [1.807, 2.05) is 24.7 Å². The molecule has 0 aliphatic carbocycles. The Morgan fingerprint density at radius 2 is 1.90 bits per heavy atom. The van der Waals surface area contributed by atoms with Gasteiger partial charge in [-0.1, -0.05) is 19.1 Å². The van der Waals surface area contributed by atoms with Crippen LogP contribution in [0.4, 0.5) is 0 Å². The third-order valence-electron chi connectivity index (χ3n) is 3.25. The number of aryl methyl sites for hydroxylation is 1. The van der Waals surface area contributed by atoms with Crippen LogP contribution in [0, 0.1) is 0 Å². The van der Waals surface area contributed by atoms with E-state index in [0.29, 0.717) is 11.4 Å². The van der Waals surface area contributed by atoms with Gasteiger partial charge in [0, 0.05) is 32.1 Å². The highest BCUT2D eigenvalue weighted by Crippen LogP contribution is 2.10. The maximum absolute atomic E-state index is 11.4. The molecule has 0 spiro atoms. The number of hydrogen-bond donors (Lipinski definition) is 1. The second kappa shape index (κ2) is 6.87. The Labute approximate surface area is 125 Å². The van der Waals surface area contributed by atoms with Gasteiger partial charge in [-0.25, -0.2) is 13.4 Å². The molecule has 0 aliphatic rings. The minimum absolute atomic E-state index is 0.354. The maximum atomic E-state index is 11.4. The molecule has 0 saturated carbocycles. The summed E-state index contributed by atoms with van der Waals surface area (Å²) in [7, 11) is -3.12. The van der Waals surface area contributed by atoms with Gasteiger partial charge >= 0.3 is 0 Å². The molecule has 0 unspecified atom stereocenters. The fourth-order valence-electron chi connectivity index (χ4n) is 2.13. The van der Waals surface area contributed by atoms with Crippen LogP contribution in [-0.2, 0) is 29.5 Å². The second-order valence-corrected chi connectivity index (χ2v) is 7.11. The first kappa shape index (κ1) is 15.7. The first-order chi connectivity index (χ1) is 10.0. The van der Waals surface area contributed by atoms with E-state index in [9.17, 15) is 8.42 Å². The van der Waals surface area contributed by atoms with Gasteiger partial charge < -0.3 is 9.88 Å². The van der Waals surface area contributed by atoms with Crippen LogP contribution in [0.2, 0.25) is 0 Å². The van der Waals surface area contributed by atoms with Crippen molar-refractivity contribution in [2.24, 2.45) is 0 Å². The molecule has 5 nitrogen and oxygen atoms in total. The number of sulfone groups is 1. The molecular formula is C15H21N3O2S. The van der Waals surface area contributed by atoms with E-state index in [-0.39, 0.29) is 0 Å². The first-order valence-corrected chi connectivity index (χ1v) is 8.88. The van der Waals surface area contributed by atoms with Crippen LogP contribution < -0.4 is 5.32 Å². The molecule has 114 valence electrons. The summed E-state index contributed by atoms with van der Waals surface area (Å²) in [6.07, 6.45) is 6.02. The van der Waals surface area contributed by atoms with Crippen molar-refractivity contribution in [3.8, 4) is 0 Å². The average molecular weight is 307 g/mol. The maximum Gasteiger partial charge on any atom is 0.175 e. The van der Waals surface area contributed by atoms with Gasteiger partial charge in [-0.15, -0.1) is 0 Å². The fraction of sp³-hybridized carbons (Fsp3) is 0.400. The van der Waals surface area contributed by atoms with Crippen molar-refractivity contribution in [2.45, 2.75) is 37.9 Å². The molecule has 0 fully saturated rings. The van der Waals surface area contributed by atoms with E-state index < -0.39 is 9.84 Å². The number of benzene rings is 1. The molecular weight excluding hydrogens is 286 g/mol. The number of nitrogens with one attached hydrogen (secondary N) is 1. The average Bonchev–Trinajstić information content (AvgIpc) is 2.86. The Balaban J connectivity index is 1.90. The van der Waals surface area contributed by atoms with Gasteiger partial charge in [-0.05, 0) is 24.1 Å². The Morgan fingerprint density at radius 3 is 2.52 bits per heavy atom. The second-order valence-electron chi connectivity index (χ2n) is 5.10. The molecule has 2 aromatic rings. The van der Waals surface area contributed by atoms with Gasteiger partial charge in [0.2, 0.25) is 0 Å². The topological polar surface area (TPSA) is 64.0 Å². The molecule has 6 heteroatoms. The van der Waals surface area contributed by atoms with Crippen LogP contribution >= 0.6 is 0 Å². The van der Waals surface area contributed by atoms with Crippen LogP contribution in [0.5, 0.6) is 0 Å². The lowest BCUT2D eigenvalue weighted by molar-refractivity contribution is 0.599. The summed E-state index contributed by atoms with van der Waals surface area (Å²) >= 11 is 0. The molecule has 2 rings (SSSR count). The summed E-state index contributed by atoms with van der Waals surface area (Å²) in [5.41, 5.74) is 2.22. The molecule has 0 amide bonds. The molecule has 1 N–H and O–H groups in total. The molecule has 21 heavy (non-hydrogen) atoms. The lowest BCUT2D eigenvalue weighted by Crippen LogP contribution is -2.15. The molecule has 1 aromatic carbocycles. The van der Waals surface area contributed by atoms with E-state index in [0.717, 1.165) is 30.8 Å². The standard InChI is InChI=1S/C15H21N3O2S/c1-3-8-18-12-17-11-14(18)10-16-9-13-4-6-15(7-5-13)21(2,19)20/h4-7,11-12,16H,3,8-10H2,1-2H3. The molecule has 0 radical (unpaired) electrons. The number of hydrogen-bond acceptors (Lipinski definition) is 4. The largest absolute Gasteiger partial charge is 0.333 e. The molecule has 0 bridgehead atoms. The molecule has 0 saturated heterocycles. The Morgan fingerprint density at radius 1 is 1.19 bits per heavy atom.